The SMILES string of the molecule is CCCN1C(=O)[C@@H]2[C@@H](CC(COc3ccccc3)=C3[C@@H](CC/C(C)=C/c4ccc(O)c5ccccc45)OB(O)C[C@@H]32)C1=O. The number of hydrogen-bond acceptors (Lipinski definition) is 6. The summed E-state index contributed by atoms with van der Waals surface area (Å²) in [6.07, 6.45) is 4.51. The van der Waals surface area contributed by atoms with E-state index in [2.05, 4.69) is 13.0 Å². The maximum absolute atomic E-state index is 13.6. The van der Waals surface area contributed by atoms with Gasteiger partial charge in [0.1, 0.15) is 18.1 Å². The van der Waals surface area contributed by atoms with E-state index in [1.807, 2.05) is 67.6 Å². The number of rotatable bonds is 9. The van der Waals surface area contributed by atoms with Gasteiger partial charge in [0.05, 0.1) is 17.9 Å². The molecule has 2 saturated heterocycles. The van der Waals surface area contributed by atoms with Gasteiger partial charge in [0.15, 0.2) is 0 Å². The molecule has 0 unspecified atom stereocenters. The predicted octanol–water partition coefficient (Wildman–Crippen LogP) is 6.01. The molecular formula is C35H38BNO6. The first-order valence-corrected chi connectivity index (χ1v) is 15.3. The Morgan fingerprint density at radius 2 is 1.77 bits per heavy atom. The van der Waals surface area contributed by atoms with Crippen molar-refractivity contribution in [3.05, 3.63) is 89.0 Å². The van der Waals surface area contributed by atoms with Gasteiger partial charge < -0.3 is 19.5 Å². The zero-order valence-electron chi connectivity index (χ0n) is 24.7. The van der Waals surface area contributed by atoms with Crippen LogP contribution in [0.1, 0.15) is 45.1 Å². The first-order chi connectivity index (χ1) is 20.9. The van der Waals surface area contributed by atoms with Crippen molar-refractivity contribution in [1.29, 1.82) is 0 Å². The van der Waals surface area contributed by atoms with E-state index in [9.17, 15) is 19.7 Å². The number of fused-ring (bicyclic) bond motifs is 4. The van der Waals surface area contributed by atoms with Gasteiger partial charge in [0.25, 0.3) is 0 Å². The molecule has 2 N–H and O–H groups in total. The summed E-state index contributed by atoms with van der Waals surface area (Å²) in [5, 5.41) is 23.0. The topological polar surface area (TPSA) is 96.3 Å². The Morgan fingerprint density at radius 1 is 1.02 bits per heavy atom. The Morgan fingerprint density at radius 3 is 2.53 bits per heavy atom. The summed E-state index contributed by atoms with van der Waals surface area (Å²) in [5.41, 5.74) is 4.17. The molecule has 7 nitrogen and oxygen atoms in total. The normalized spacial score (nSPS) is 24.0. The molecule has 3 aliphatic rings. The second-order valence-corrected chi connectivity index (χ2v) is 12.0. The smallest absolute Gasteiger partial charge is 0.455 e. The van der Waals surface area contributed by atoms with Gasteiger partial charge in [-0.2, -0.15) is 0 Å². The molecule has 0 bridgehead atoms. The number of phenolic OH excluding ortho intramolecular Hbond substituents is 1. The molecule has 0 aromatic heterocycles. The van der Waals surface area contributed by atoms with Crippen LogP contribution < -0.4 is 4.74 Å². The second-order valence-electron chi connectivity index (χ2n) is 12.0. The highest BCUT2D eigenvalue weighted by Gasteiger charge is 2.57. The van der Waals surface area contributed by atoms with Crippen molar-refractivity contribution < 1.29 is 29.1 Å². The fourth-order valence-corrected chi connectivity index (χ4v) is 7.22. The van der Waals surface area contributed by atoms with Gasteiger partial charge in [-0.15, -0.1) is 0 Å². The van der Waals surface area contributed by atoms with E-state index in [0.717, 1.165) is 38.8 Å². The van der Waals surface area contributed by atoms with Gasteiger partial charge in [-0.1, -0.05) is 67.1 Å². The number of hydrogen-bond donors (Lipinski definition) is 2. The fraction of sp³-hybridized carbons (Fsp3) is 0.371. The maximum Gasteiger partial charge on any atom is 0.455 e. The third-order valence-corrected chi connectivity index (χ3v) is 9.14. The summed E-state index contributed by atoms with van der Waals surface area (Å²) in [6, 6.07) is 21.0. The molecule has 2 fully saturated rings. The van der Waals surface area contributed by atoms with Gasteiger partial charge in [-0.05, 0) is 85.1 Å². The number of likely N-dealkylation sites (tertiary alicyclic amines) is 1. The number of allylic oxidation sites excluding steroid dienone is 1. The summed E-state index contributed by atoms with van der Waals surface area (Å²) in [7, 11) is -1.01. The Balaban J connectivity index is 1.30. The van der Waals surface area contributed by atoms with E-state index in [1.165, 1.54) is 4.90 Å². The summed E-state index contributed by atoms with van der Waals surface area (Å²) < 4.78 is 12.4. The van der Waals surface area contributed by atoms with Crippen molar-refractivity contribution in [2.75, 3.05) is 13.2 Å². The van der Waals surface area contributed by atoms with Crippen molar-refractivity contribution in [2.45, 2.75) is 52.0 Å². The zero-order valence-corrected chi connectivity index (χ0v) is 24.7. The van der Waals surface area contributed by atoms with Crippen LogP contribution in [-0.2, 0) is 14.2 Å². The Kier molecular flexibility index (Phi) is 8.42. The summed E-state index contributed by atoms with van der Waals surface area (Å²) in [6.45, 7) is 4.76. The van der Waals surface area contributed by atoms with Crippen LogP contribution in [0.25, 0.3) is 16.8 Å². The third-order valence-electron chi connectivity index (χ3n) is 9.14. The molecule has 0 spiro atoms. The summed E-state index contributed by atoms with van der Waals surface area (Å²) >= 11 is 0. The van der Waals surface area contributed by atoms with E-state index < -0.39 is 25.1 Å². The second kappa shape index (κ2) is 12.4. The van der Waals surface area contributed by atoms with Crippen LogP contribution in [0, 0.1) is 17.8 Å². The number of amides is 2. The lowest BCUT2D eigenvalue weighted by atomic mass is 9.58. The monoisotopic (exact) mass is 579 g/mol. The first-order valence-electron chi connectivity index (χ1n) is 15.3. The van der Waals surface area contributed by atoms with Crippen LogP contribution in [0.3, 0.4) is 0 Å². The van der Waals surface area contributed by atoms with E-state index in [-0.39, 0.29) is 29.8 Å². The van der Waals surface area contributed by atoms with E-state index in [4.69, 9.17) is 9.39 Å². The quantitative estimate of drug-likeness (QED) is 0.183. The summed E-state index contributed by atoms with van der Waals surface area (Å²) in [4.78, 5) is 28.5. The minimum atomic E-state index is -1.01. The number of benzene rings is 3. The average Bonchev–Trinajstić information content (AvgIpc) is 3.25. The van der Waals surface area contributed by atoms with E-state index >= 15 is 0 Å². The molecule has 3 aromatic rings. The lowest BCUT2D eigenvalue weighted by molar-refractivity contribution is -0.140. The third kappa shape index (κ3) is 5.74. The minimum Gasteiger partial charge on any atom is -0.507 e. The van der Waals surface area contributed by atoms with Crippen molar-refractivity contribution in [2.24, 2.45) is 17.8 Å². The van der Waals surface area contributed by atoms with Crippen LogP contribution in [0.4, 0.5) is 0 Å². The van der Waals surface area contributed by atoms with Crippen LogP contribution in [0.5, 0.6) is 11.5 Å². The minimum absolute atomic E-state index is 0.106. The molecule has 4 atom stereocenters. The molecule has 2 aliphatic heterocycles. The Labute approximate surface area is 252 Å². The molecule has 222 valence electrons. The van der Waals surface area contributed by atoms with Crippen LogP contribution >= 0.6 is 0 Å². The van der Waals surface area contributed by atoms with Gasteiger partial charge in [-0.25, -0.2) is 0 Å². The van der Waals surface area contributed by atoms with E-state index in [0.29, 0.717) is 38.8 Å². The Bertz CT molecular complexity index is 1580. The molecule has 3 aromatic carbocycles. The number of imide groups is 1. The zero-order chi connectivity index (χ0) is 30.1. The van der Waals surface area contributed by atoms with Crippen molar-refractivity contribution in [3.8, 4) is 11.5 Å². The van der Waals surface area contributed by atoms with Crippen LogP contribution in [0.2, 0.25) is 6.32 Å². The standard InChI is InChI=1S/C35H38BNO6/c1-3-17-37-34(39)28-19-24(21-42-25-9-5-4-6-10-25)32-29(33(28)35(37)40)20-36(41)43-31(32)16-13-22(2)18-23-14-15-30(38)27-12-8-7-11-26(23)27/h4-12,14-15,18,28-29,31,33,38,41H,3,13,16-17,19-21H2,1-2H3/b22-18+/t28-,29+,31-,33-/m1/s1. The Hall–Kier alpha value is -3.88. The van der Waals surface area contributed by atoms with Crippen molar-refractivity contribution >= 4 is 35.8 Å². The van der Waals surface area contributed by atoms with Crippen LogP contribution in [0.15, 0.2) is 83.4 Å². The predicted molar refractivity (Wildman–Crippen MR) is 167 cm³/mol. The van der Waals surface area contributed by atoms with Gasteiger partial charge in [0.2, 0.25) is 11.8 Å². The van der Waals surface area contributed by atoms with Crippen LogP contribution in [-0.4, -0.2) is 53.2 Å². The fourth-order valence-electron chi connectivity index (χ4n) is 7.22. The lowest BCUT2D eigenvalue weighted by Gasteiger charge is -2.43. The lowest BCUT2D eigenvalue weighted by Crippen LogP contribution is -2.46. The van der Waals surface area contributed by atoms with Gasteiger partial charge in [0, 0.05) is 11.9 Å². The summed E-state index contributed by atoms with van der Waals surface area (Å²) in [5.74, 6) is -0.412. The number of phenols is 1. The van der Waals surface area contributed by atoms with E-state index in [1.54, 1.807) is 6.07 Å². The maximum atomic E-state index is 13.6. The molecular weight excluding hydrogens is 541 g/mol. The number of ether oxygens (including phenoxy) is 1. The molecule has 2 heterocycles. The number of carbonyl (C=O) groups is 2. The molecule has 1 aliphatic carbocycles. The number of carbonyl (C=O) groups excluding carboxylic acids is 2. The first kappa shape index (κ1) is 29.2. The van der Waals surface area contributed by atoms with Gasteiger partial charge in [-0.3, -0.25) is 14.5 Å². The highest BCUT2D eigenvalue weighted by Crippen LogP contribution is 2.50. The average molecular weight is 580 g/mol. The molecule has 0 radical (unpaired) electrons. The number of nitrogens with zero attached hydrogens (tertiary/aromatic N) is 1. The molecule has 43 heavy (non-hydrogen) atoms. The molecule has 6 rings (SSSR count). The largest absolute Gasteiger partial charge is 0.507 e. The highest BCUT2D eigenvalue weighted by molar-refractivity contribution is 6.43. The molecule has 2 amide bonds. The van der Waals surface area contributed by atoms with Crippen molar-refractivity contribution in [1.82, 2.24) is 4.90 Å². The highest BCUT2D eigenvalue weighted by atomic mass is 16.5. The van der Waals surface area contributed by atoms with Crippen molar-refractivity contribution in [3.63, 3.8) is 0 Å². The number of aromatic hydroxyl groups is 1. The molecule has 8 heteroatoms. The molecule has 0 saturated carbocycles. The van der Waals surface area contributed by atoms with Gasteiger partial charge >= 0.3 is 7.12 Å². The number of para-hydroxylation sites is 1.